The highest BCUT2D eigenvalue weighted by Gasteiger charge is 2.10. The van der Waals surface area contributed by atoms with Gasteiger partial charge in [0.1, 0.15) is 5.82 Å². The smallest absolute Gasteiger partial charge is 0.126 e. The number of aryl methyl sites for hydroxylation is 3. The lowest BCUT2D eigenvalue weighted by Gasteiger charge is -2.14. The van der Waals surface area contributed by atoms with Gasteiger partial charge in [0.15, 0.2) is 0 Å². The second-order valence-electron chi connectivity index (χ2n) is 5.05. The lowest BCUT2D eigenvalue weighted by molar-refractivity contribution is 0.567. The summed E-state index contributed by atoms with van der Waals surface area (Å²) in [5.74, 6) is -0.130. The van der Waals surface area contributed by atoms with E-state index >= 15 is 0 Å². The number of rotatable bonds is 4. The topological polar surface area (TPSA) is 12.0 Å². The molecule has 0 aliphatic rings. The van der Waals surface area contributed by atoms with Gasteiger partial charge in [-0.1, -0.05) is 12.1 Å². The minimum absolute atomic E-state index is 0.130. The number of hydrogen-bond donors (Lipinski definition) is 1. The normalized spacial score (nSPS) is 12.7. The first-order valence-electron chi connectivity index (χ1n) is 6.52. The summed E-state index contributed by atoms with van der Waals surface area (Å²) < 4.78 is 13.5. The highest BCUT2D eigenvalue weighted by atomic mass is 32.1. The zero-order valence-corrected chi connectivity index (χ0v) is 12.7. The molecule has 0 fully saturated rings. The molecule has 0 amide bonds. The molecule has 1 heterocycles. The predicted molar refractivity (Wildman–Crippen MR) is 80.2 cm³/mol. The SMILES string of the molecule is Cc1cc(C(C)NCc2ccc(C)c(F)c2)c(C)s1. The molecule has 0 saturated carbocycles. The number of hydrogen-bond acceptors (Lipinski definition) is 2. The lowest BCUT2D eigenvalue weighted by Crippen LogP contribution is -2.18. The van der Waals surface area contributed by atoms with Gasteiger partial charge in [0, 0.05) is 22.3 Å². The molecule has 1 aromatic carbocycles. The average Bonchev–Trinajstić information content (AvgIpc) is 2.70. The molecule has 2 rings (SSSR count). The van der Waals surface area contributed by atoms with Gasteiger partial charge in [0.25, 0.3) is 0 Å². The van der Waals surface area contributed by atoms with Crippen LogP contribution in [0, 0.1) is 26.6 Å². The standard InChI is InChI=1S/C16H20FNS/c1-10-5-6-14(8-16(10)17)9-18-12(3)15-7-11(2)19-13(15)4/h5-8,12,18H,9H2,1-4H3. The van der Waals surface area contributed by atoms with Gasteiger partial charge in [-0.25, -0.2) is 4.39 Å². The van der Waals surface area contributed by atoms with Crippen molar-refractivity contribution in [2.24, 2.45) is 0 Å². The van der Waals surface area contributed by atoms with Crippen LogP contribution in [0.5, 0.6) is 0 Å². The third kappa shape index (κ3) is 3.43. The molecule has 1 unspecified atom stereocenters. The summed E-state index contributed by atoms with van der Waals surface area (Å²) in [6.45, 7) is 8.90. The van der Waals surface area contributed by atoms with E-state index in [2.05, 4.69) is 32.2 Å². The summed E-state index contributed by atoms with van der Waals surface area (Å²) in [7, 11) is 0. The summed E-state index contributed by atoms with van der Waals surface area (Å²) >= 11 is 1.82. The monoisotopic (exact) mass is 277 g/mol. The van der Waals surface area contributed by atoms with Gasteiger partial charge in [-0.2, -0.15) is 0 Å². The Balaban J connectivity index is 2.02. The number of benzene rings is 1. The van der Waals surface area contributed by atoms with Crippen molar-refractivity contribution in [2.45, 2.75) is 40.3 Å². The van der Waals surface area contributed by atoms with Crippen molar-refractivity contribution in [3.8, 4) is 0 Å². The summed E-state index contributed by atoms with van der Waals surface area (Å²) in [6.07, 6.45) is 0. The molecular weight excluding hydrogens is 257 g/mol. The average molecular weight is 277 g/mol. The Kier molecular flexibility index (Phi) is 4.38. The zero-order valence-electron chi connectivity index (χ0n) is 11.9. The fourth-order valence-electron chi connectivity index (χ4n) is 2.21. The third-order valence-corrected chi connectivity index (χ3v) is 4.38. The van der Waals surface area contributed by atoms with Crippen LogP contribution in [0.25, 0.3) is 0 Å². The molecule has 19 heavy (non-hydrogen) atoms. The van der Waals surface area contributed by atoms with Gasteiger partial charge < -0.3 is 5.32 Å². The van der Waals surface area contributed by atoms with E-state index in [1.807, 2.05) is 23.5 Å². The number of halogens is 1. The molecule has 1 nitrogen and oxygen atoms in total. The maximum atomic E-state index is 13.5. The fourth-order valence-corrected chi connectivity index (χ4v) is 3.23. The molecule has 1 aromatic heterocycles. The van der Waals surface area contributed by atoms with Crippen molar-refractivity contribution < 1.29 is 4.39 Å². The second-order valence-corrected chi connectivity index (χ2v) is 6.52. The minimum atomic E-state index is -0.130. The Morgan fingerprint density at radius 3 is 2.53 bits per heavy atom. The first-order valence-corrected chi connectivity index (χ1v) is 7.34. The zero-order chi connectivity index (χ0) is 14.0. The molecular formula is C16H20FNS. The van der Waals surface area contributed by atoms with Gasteiger partial charge in [-0.3, -0.25) is 0 Å². The van der Waals surface area contributed by atoms with Crippen LogP contribution >= 0.6 is 11.3 Å². The largest absolute Gasteiger partial charge is 0.306 e. The summed E-state index contributed by atoms with van der Waals surface area (Å²) in [4.78, 5) is 2.69. The van der Waals surface area contributed by atoms with Gasteiger partial charge in [-0.15, -0.1) is 11.3 Å². The molecule has 1 atom stereocenters. The van der Waals surface area contributed by atoms with Crippen LogP contribution in [0.1, 0.15) is 39.4 Å². The summed E-state index contributed by atoms with van der Waals surface area (Å²) in [5, 5.41) is 3.46. The van der Waals surface area contributed by atoms with Gasteiger partial charge in [0.2, 0.25) is 0 Å². The van der Waals surface area contributed by atoms with E-state index in [1.165, 1.54) is 15.3 Å². The van der Waals surface area contributed by atoms with E-state index in [1.54, 1.807) is 13.0 Å². The Bertz CT molecular complexity index is 574. The van der Waals surface area contributed by atoms with Gasteiger partial charge >= 0.3 is 0 Å². The Morgan fingerprint density at radius 1 is 1.21 bits per heavy atom. The van der Waals surface area contributed by atoms with E-state index in [0.29, 0.717) is 12.1 Å². The molecule has 0 bridgehead atoms. The molecule has 102 valence electrons. The van der Waals surface area contributed by atoms with Crippen molar-refractivity contribution in [2.75, 3.05) is 0 Å². The molecule has 1 N–H and O–H groups in total. The first kappa shape index (κ1) is 14.2. The maximum absolute atomic E-state index is 13.5. The van der Waals surface area contributed by atoms with Crippen LogP contribution in [-0.2, 0) is 6.54 Å². The number of nitrogens with one attached hydrogen (secondary N) is 1. The molecule has 2 aromatic rings. The quantitative estimate of drug-likeness (QED) is 0.856. The minimum Gasteiger partial charge on any atom is -0.306 e. The molecule has 3 heteroatoms. The van der Waals surface area contributed by atoms with Gasteiger partial charge in [-0.05, 0) is 56.5 Å². The van der Waals surface area contributed by atoms with Crippen LogP contribution in [0.3, 0.4) is 0 Å². The third-order valence-electron chi connectivity index (χ3n) is 3.39. The Hall–Kier alpha value is -1.19. The molecule has 0 radical (unpaired) electrons. The highest BCUT2D eigenvalue weighted by Crippen LogP contribution is 2.26. The summed E-state index contributed by atoms with van der Waals surface area (Å²) in [6, 6.07) is 7.93. The van der Waals surface area contributed by atoms with Crippen LogP contribution in [0.15, 0.2) is 24.3 Å². The van der Waals surface area contributed by atoms with E-state index in [-0.39, 0.29) is 11.9 Å². The van der Waals surface area contributed by atoms with Crippen molar-refractivity contribution in [3.63, 3.8) is 0 Å². The second kappa shape index (κ2) is 5.85. The van der Waals surface area contributed by atoms with E-state index in [9.17, 15) is 4.39 Å². The number of thiophene rings is 1. The molecule has 0 aliphatic heterocycles. The van der Waals surface area contributed by atoms with Crippen molar-refractivity contribution in [1.29, 1.82) is 0 Å². The molecule has 0 spiro atoms. The van der Waals surface area contributed by atoms with Crippen LogP contribution in [-0.4, -0.2) is 0 Å². The van der Waals surface area contributed by atoms with Crippen LogP contribution < -0.4 is 5.32 Å². The van der Waals surface area contributed by atoms with Crippen molar-refractivity contribution in [1.82, 2.24) is 5.32 Å². The maximum Gasteiger partial charge on any atom is 0.126 e. The predicted octanol–water partition coefficient (Wildman–Crippen LogP) is 4.66. The van der Waals surface area contributed by atoms with Crippen molar-refractivity contribution in [3.05, 3.63) is 56.5 Å². The first-order chi connectivity index (χ1) is 8.97. The molecule has 0 aliphatic carbocycles. The summed E-state index contributed by atoms with van der Waals surface area (Å²) in [5.41, 5.74) is 3.02. The van der Waals surface area contributed by atoms with Crippen LogP contribution in [0.2, 0.25) is 0 Å². The van der Waals surface area contributed by atoms with E-state index in [4.69, 9.17) is 0 Å². The Morgan fingerprint density at radius 2 is 1.95 bits per heavy atom. The van der Waals surface area contributed by atoms with Gasteiger partial charge in [0.05, 0.1) is 0 Å². The fraction of sp³-hybridized carbons (Fsp3) is 0.375. The highest BCUT2D eigenvalue weighted by molar-refractivity contribution is 7.12. The lowest BCUT2D eigenvalue weighted by atomic mass is 10.1. The molecule has 0 saturated heterocycles. The van der Waals surface area contributed by atoms with E-state index < -0.39 is 0 Å². The van der Waals surface area contributed by atoms with Crippen molar-refractivity contribution >= 4 is 11.3 Å². The van der Waals surface area contributed by atoms with E-state index in [0.717, 1.165) is 5.56 Å². The Labute approximate surface area is 118 Å². The van der Waals surface area contributed by atoms with Crippen LogP contribution in [0.4, 0.5) is 4.39 Å².